The highest BCUT2D eigenvalue weighted by molar-refractivity contribution is 6.31. The Bertz CT molecular complexity index is 410. The van der Waals surface area contributed by atoms with Crippen LogP contribution in [0, 0.1) is 12.7 Å². The molecular formula is C12H15ClFNO2. The minimum Gasteiger partial charge on any atom is -0.396 e. The van der Waals surface area contributed by atoms with Gasteiger partial charge in [-0.25, -0.2) is 4.39 Å². The summed E-state index contributed by atoms with van der Waals surface area (Å²) in [6.07, 6.45) is 0.545. The summed E-state index contributed by atoms with van der Waals surface area (Å²) in [5, 5.41) is 11.6. The second-order valence-corrected chi connectivity index (χ2v) is 4.17. The minimum atomic E-state index is -0.300. The van der Waals surface area contributed by atoms with Crippen molar-refractivity contribution in [2.75, 3.05) is 13.2 Å². The van der Waals surface area contributed by atoms with Crippen molar-refractivity contribution in [1.82, 2.24) is 5.32 Å². The summed E-state index contributed by atoms with van der Waals surface area (Å²) in [7, 11) is 0. The van der Waals surface area contributed by atoms with Gasteiger partial charge in [0.2, 0.25) is 5.91 Å². The molecule has 0 atom stereocenters. The largest absolute Gasteiger partial charge is 0.396 e. The monoisotopic (exact) mass is 259 g/mol. The molecule has 0 aliphatic rings. The quantitative estimate of drug-likeness (QED) is 0.848. The topological polar surface area (TPSA) is 49.3 Å². The maximum Gasteiger partial charge on any atom is 0.222 e. The van der Waals surface area contributed by atoms with Gasteiger partial charge in [-0.3, -0.25) is 4.79 Å². The first-order chi connectivity index (χ1) is 8.04. The number of amides is 1. The van der Waals surface area contributed by atoms with E-state index in [1.165, 1.54) is 6.07 Å². The van der Waals surface area contributed by atoms with Crippen molar-refractivity contribution in [2.45, 2.75) is 19.8 Å². The predicted molar refractivity (Wildman–Crippen MR) is 64.6 cm³/mol. The first-order valence-corrected chi connectivity index (χ1v) is 5.74. The third-order valence-electron chi connectivity index (χ3n) is 2.38. The molecule has 0 radical (unpaired) electrons. The molecule has 1 rings (SSSR count). The van der Waals surface area contributed by atoms with Crippen LogP contribution in [0.5, 0.6) is 0 Å². The summed E-state index contributed by atoms with van der Waals surface area (Å²) in [5.74, 6) is -0.526. The van der Waals surface area contributed by atoms with E-state index < -0.39 is 0 Å². The third-order valence-corrected chi connectivity index (χ3v) is 2.73. The lowest BCUT2D eigenvalue weighted by Crippen LogP contribution is -2.26. The Balaban J connectivity index is 2.52. The van der Waals surface area contributed by atoms with Crippen LogP contribution in [0.2, 0.25) is 5.02 Å². The van der Waals surface area contributed by atoms with Crippen LogP contribution in [0.1, 0.15) is 17.5 Å². The van der Waals surface area contributed by atoms with E-state index >= 15 is 0 Å². The van der Waals surface area contributed by atoms with Crippen LogP contribution in [-0.2, 0) is 11.2 Å². The summed E-state index contributed by atoms with van der Waals surface area (Å²) in [5.41, 5.74) is 1.17. The lowest BCUT2D eigenvalue weighted by molar-refractivity contribution is -0.121. The minimum absolute atomic E-state index is 0.0794. The van der Waals surface area contributed by atoms with Crippen LogP contribution in [0.4, 0.5) is 4.39 Å². The average Bonchev–Trinajstić information content (AvgIpc) is 2.26. The SMILES string of the molecule is Cc1cc(Cl)c(CCNC(=O)CCO)cc1F. The van der Waals surface area contributed by atoms with Gasteiger partial charge in [0.25, 0.3) is 0 Å². The van der Waals surface area contributed by atoms with Crippen molar-refractivity contribution < 1.29 is 14.3 Å². The van der Waals surface area contributed by atoms with Gasteiger partial charge < -0.3 is 10.4 Å². The maximum atomic E-state index is 13.3. The number of aryl methyl sites for hydroxylation is 1. The molecule has 94 valence electrons. The highest BCUT2D eigenvalue weighted by atomic mass is 35.5. The lowest BCUT2D eigenvalue weighted by atomic mass is 10.1. The smallest absolute Gasteiger partial charge is 0.222 e. The van der Waals surface area contributed by atoms with E-state index in [2.05, 4.69) is 5.32 Å². The van der Waals surface area contributed by atoms with Crippen molar-refractivity contribution >= 4 is 17.5 Å². The lowest BCUT2D eigenvalue weighted by Gasteiger charge is -2.07. The van der Waals surface area contributed by atoms with Gasteiger partial charge in [0.1, 0.15) is 5.82 Å². The molecule has 0 saturated heterocycles. The number of halogens is 2. The van der Waals surface area contributed by atoms with Crippen LogP contribution in [-0.4, -0.2) is 24.2 Å². The number of carbonyl (C=O) groups excluding carboxylic acids is 1. The van der Waals surface area contributed by atoms with E-state index in [0.717, 1.165) is 0 Å². The van der Waals surface area contributed by atoms with Crippen molar-refractivity contribution in [2.24, 2.45) is 0 Å². The normalized spacial score (nSPS) is 10.4. The molecule has 1 amide bonds. The van der Waals surface area contributed by atoms with Crippen LogP contribution in [0.3, 0.4) is 0 Å². The molecule has 0 bridgehead atoms. The molecule has 2 N–H and O–H groups in total. The summed E-state index contributed by atoms with van der Waals surface area (Å²) in [6, 6.07) is 2.96. The number of hydrogen-bond donors (Lipinski definition) is 2. The standard InChI is InChI=1S/C12H15ClFNO2/c1-8-6-10(13)9(7-11(8)14)2-4-15-12(17)3-5-16/h6-7,16H,2-5H2,1H3,(H,15,17). The first-order valence-electron chi connectivity index (χ1n) is 5.36. The van der Waals surface area contributed by atoms with Gasteiger partial charge in [-0.1, -0.05) is 11.6 Å². The molecule has 0 saturated carbocycles. The molecule has 1 aromatic carbocycles. The Hall–Kier alpha value is -1.13. The Kier molecular flexibility index (Phi) is 5.38. The molecule has 3 nitrogen and oxygen atoms in total. The second kappa shape index (κ2) is 6.57. The number of carbonyl (C=O) groups is 1. The van der Waals surface area contributed by atoms with E-state index in [9.17, 15) is 9.18 Å². The van der Waals surface area contributed by atoms with Gasteiger partial charge in [-0.15, -0.1) is 0 Å². The van der Waals surface area contributed by atoms with Crippen LogP contribution in [0.25, 0.3) is 0 Å². The van der Waals surface area contributed by atoms with Crippen molar-refractivity contribution in [3.05, 3.63) is 34.1 Å². The predicted octanol–water partition coefficient (Wildman–Crippen LogP) is 1.83. The van der Waals surface area contributed by atoms with Crippen LogP contribution < -0.4 is 5.32 Å². The highest BCUT2D eigenvalue weighted by Crippen LogP contribution is 2.20. The van der Waals surface area contributed by atoms with E-state index in [-0.39, 0.29) is 24.8 Å². The molecule has 0 heterocycles. The number of hydrogen-bond acceptors (Lipinski definition) is 2. The number of aliphatic hydroxyl groups is 1. The van der Waals surface area contributed by atoms with Gasteiger partial charge >= 0.3 is 0 Å². The highest BCUT2D eigenvalue weighted by Gasteiger charge is 2.06. The third kappa shape index (κ3) is 4.32. The fourth-order valence-electron chi connectivity index (χ4n) is 1.41. The number of benzene rings is 1. The number of rotatable bonds is 5. The molecule has 0 unspecified atom stereocenters. The van der Waals surface area contributed by atoms with Crippen molar-refractivity contribution in [1.29, 1.82) is 0 Å². The van der Waals surface area contributed by atoms with Crippen LogP contribution in [0.15, 0.2) is 12.1 Å². The van der Waals surface area contributed by atoms with E-state index in [0.29, 0.717) is 29.1 Å². The maximum absolute atomic E-state index is 13.3. The zero-order valence-corrected chi connectivity index (χ0v) is 10.4. The van der Waals surface area contributed by atoms with Gasteiger partial charge in [-0.05, 0) is 36.6 Å². The van der Waals surface area contributed by atoms with E-state index in [4.69, 9.17) is 16.7 Å². The van der Waals surface area contributed by atoms with Crippen LogP contribution >= 0.6 is 11.6 Å². The van der Waals surface area contributed by atoms with Gasteiger partial charge in [0.15, 0.2) is 0 Å². The number of aliphatic hydroxyl groups excluding tert-OH is 1. The average molecular weight is 260 g/mol. The van der Waals surface area contributed by atoms with Gasteiger partial charge in [-0.2, -0.15) is 0 Å². The molecule has 0 aliphatic carbocycles. The Morgan fingerprint density at radius 2 is 2.24 bits per heavy atom. The van der Waals surface area contributed by atoms with E-state index in [1.807, 2.05) is 0 Å². The molecule has 0 fully saturated rings. The Morgan fingerprint density at radius 1 is 1.53 bits per heavy atom. The van der Waals surface area contributed by atoms with Crippen molar-refractivity contribution in [3.8, 4) is 0 Å². The van der Waals surface area contributed by atoms with Gasteiger partial charge in [0.05, 0.1) is 6.61 Å². The van der Waals surface area contributed by atoms with Crippen molar-refractivity contribution in [3.63, 3.8) is 0 Å². The Labute approximate surface area is 105 Å². The fraction of sp³-hybridized carbons (Fsp3) is 0.417. The van der Waals surface area contributed by atoms with E-state index in [1.54, 1.807) is 13.0 Å². The Morgan fingerprint density at radius 3 is 2.88 bits per heavy atom. The number of nitrogens with one attached hydrogen (secondary N) is 1. The molecule has 0 aromatic heterocycles. The summed E-state index contributed by atoms with van der Waals surface area (Å²) < 4.78 is 13.3. The fourth-order valence-corrected chi connectivity index (χ4v) is 1.72. The first kappa shape index (κ1) is 13.9. The second-order valence-electron chi connectivity index (χ2n) is 3.77. The summed E-state index contributed by atoms with van der Waals surface area (Å²) in [4.78, 5) is 11.1. The molecule has 5 heteroatoms. The molecule has 17 heavy (non-hydrogen) atoms. The summed E-state index contributed by atoms with van der Waals surface area (Å²) >= 11 is 5.96. The molecular weight excluding hydrogens is 245 g/mol. The molecule has 0 aliphatic heterocycles. The zero-order chi connectivity index (χ0) is 12.8. The van der Waals surface area contributed by atoms with Gasteiger partial charge in [0, 0.05) is 18.0 Å². The molecule has 1 aromatic rings. The summed E-state index contributed by atoms with van der Waals surface area (Å²) in [6.45, 7) is 1.85. The zero-order valence-electron chi connectivity index (χ0n) is 9.59. The molecule has 0 spiro atoms.